The lowest BCUT2D eigenvalue weighted by atomic mass is 9.57. The number of allylic oxidation sites excluding steroid dienone is 2. The van der Waals surface area contributed by atoms with Gasteiger partial charge >= 0.3 is 0 Å². The van der Waals surface area contributed by atoms with Crippen LogP contribution in [-0.2, 0) is 19.2 Å². The summed E-state index contributed by atoms with van der Waals surface area (Å²) in [6, 6.07) is 17.0. The van der Waals surface area contributed by atoms with Crippen molar-refractivity contribution in [3.05, 3.63) is 99.0 Å². The lowest BCUT2D eigenvalue weighted by Crippen LogP contribution is -2.43. The fourth-order valence-electron chi connectivity index (χ4n) is 7.64. The van der Waals surface area contributed by atoms with E-state index in [0.717, 1.165) is 16.7 Å². The Morgan fingerprint density at radius 1 is 0.698 bits per heavy atom. The fourth-order valence-corrected chi connectivity index (χ4v) is 7.99. The summed E-state index contributed by atoms with van der Waals surface area (Å²) in [6.07, 6.45) is 2.52. The van der Waals surface area contributed by atoms with Crippen LogP contribution < -0.4 is 9.80 Å². The summed E-state index contributed by atoms with van der Waals surface area (Å²) in [4.78, 5) is 58.5. The summed E-state index contributed by atoms with van der Waals surface area (Å²) in [7, 11) is 0. The third-order valence-corrected chi connectivity index (χ3v) is 10.6. The van der Waals surface area contributed by atoms with E-state index in [1.165, 1.54) is 9.80 Å². The van der Waals surface area contributed by atoms with Crippen LogP contribution in [0.3, 0.4) is 0 Å². The quantitative estimate of drug-likeness (QED) is 0.273. The number of aryl methyl sites for hydroxylation is 2. The molecule has 3 fully saturated rings. The molecule has 1 N–H and O–H groups in total. The highest BCUT2D eigenvalue weighted by Gasteiger charge is 2.62. The molecule has 2 heterocycles. The highest BCUT2D eigenvalue weighted by Crippen LogP contribution is 2.59. The Labute approximate surface area is 258 Å². The summed E-state index contributed by atoms with van der Waals surface area (Å²) in [5.74, 6) is -5.28. The average Bonchev–Trinajstić information content (AvgIpc) is 3.39. The van der Waals surface area contributed by atoms with Crippen LogP contribution >= 0.6 is 23.2 Å². The number of halogens is 2. The van der Waals surface area contributed by atoms with Crippen molar-refractivity contribution in [2.24, 2.45) is 29.6 Å². The van der Waals surface area contributed by atoms with E-state index in [2.05, 4.69) is 0 Å². The number of carbonyl (C=O) groups is 4. The van der Waals surface area contributed by atoms with Crippen LogP contribution in [0.1, 0.15) is 35.4 Å². The van der Waals surface area contributed by atoms with Gasteiger partial charge in [-0.3, -0.25) is 19.2 Å². The molecule has 9 heteroatoms. The number of hydrogen-bond acceptors (Lipinski definition) is 5. The van der Waals surface area contributed by atoms with Gasteiger partial charge in [0.15, 0.2) is 0 Å². The lowest BCUT2D eigenvalue weighted by molar-refractivity contribution is -0.126. The zero-order valence-electron chi connectivity index (χ0n) is 23.5. The molecule has 6 unspecified atom stereocenters. The molecular formula is C34H28Cl2N2O5. The van der Waals surface area contributed by atoms with Gasteiger partial charge in [0.25, 0.3) is 0 Å². The standard InChI is InChI=1S/C34H28Cl2N2O5/c1-16-7-9-18(13-25(16)35)37-31(40)22-12-11-20-23(29(22)33(37)42)15-24-30(28(20)21-5-3-4-6-27(21)39)34(43)38(32(24)41)19-10-8-17(2)26(36)14-19/h3-11,13-14,22-24,28-30,39H,12,15H2,1-2H3. The minimum atomic E-state index is -0.779. The van der Waals surface area contributed by atoms with Crippen molar-refractivity contribution < 1.29 is 24.3 Å². The number of benzene rings is 3. The molecule has 0 bridgehead atoms. The van der Waals surface area contributed by atoms with Crippen LogP contribution in [0.25, 0.3) is 0 Å². The van der Waals surface area contributed by atoms with Gasteiger partial charge in [-0.2, -0.15) is 0 Å². The van der Waals surface area contributed by atoms with Crippen molar-refractivity contribution in [3.8, 4) is 5.75 Å². The number of anilines is 2. The normalized spacial score (nSPS) is 28.1. The smallest absolute Gasteiger partial charge is 0.238 e. The zero-order valence-corrected chi connectivity index (χ0v) is 25.0. The second-order valence-corrected chi connectivity index (χ2v) is 12.8. The number of amides is 4. The van der Waals surface area contributed by atoms with E-state index in [1.54, 1.807) is 60.7 Å². The first-order valence-corrected chi connectivity index (χ1v) is 15.1. The van der Waals surface area contributed by atoms with Gasteiger partial charge in [-0.25, -0.2) is 9.80 Å². The number of nitrogens with zero attached hydrogens (tertiary/aromatic N) is 2. The summed E-state index contributed by atoms with van der Waals surface area (Å²) in [6.45, 7) is 3.69. The Kier molecular flexibility index (Phi) is 6.52. The van der Waals surface area contributed by atoms with Gasteiger partial charge in [0.1, 0.15) is 5.75 Å². The Hall–Kier alpha value is -3.94. The average molecular weight is 616 g/mol. The summed E-state index contributed by atoms with van der Waals surface area (Å²) >= 11 is 12.7. The van der Waals surface area contributed by atoms with Crippen LogP contribution in [0.2, 0.25) is 10.0 Å². The van der Waals surface area contributed by atoms with Gasteiger partial charge in [0, 0.05) is 21.5 Å². The van der Waals surface area contributed by atoms with E-state index in [9.17, 15) is 24.3 Å². The van der Waals surface area contributed by atoms with Gasteiger partial charge in [0.2, 0.25) is 23.6 Å². The van der Waals surface area contributed by atoms with Gasteiger partial charge in [0.05, 0.1) is 35.0 Å². The van der Waals surface area contributed by atoms with Crippen molar-refractivity contribution in [1.82, 2.24) is 0 Å². The Balaban J connectivity index is 1.33. The molecule has 218 valence electrons. The topological polar surface area (TPSA) is 95.0 Å². The highest BCUT2D eigenvalue weighted by atomic mass is 35.5. The first-order chi connectivity index (χ1) is 20.6. The molecule has 4 aliphatic rings. The van der Waals surface area contributed by atoms with E-state index in [4.69, 9.17) is 23.2 Å². The summed E-state index contributed by atoms with van der Waals surface area (Å²) in [5.41, 5.74) is 3.80. The number of aromatic hydroxyl groups is 1. The second kappa shape index (κ2) is 10.1. The van der Waals surface area contributed by atoms with E-state index in [-0.39, 0.29) is 35.8 Å². The van der Waals surface area contributed by atoms with Crippen LogP contribution in [0.15, 0.2) is 72.3 Å². The summed E-state index contributed by atoms with van der Waals surface area (Å²) < 4.78 is 0. The molecule has 4 amide bonds. The van der Waals surface area contributed by atoms with Crippen molar-refractivity contribution in [2.75, 3.05) is 9.80 Å². The molecule has 2 aliphatic heterocycles. The molecule has 7 nitrogen and oxygen atoms in total. The molecule has 0 spiro atoms. The molecule has 7 rings (SSSR count). The molecule has 3 aromatic rings. The summed E-state index contributed by atoms with van der Waals surface area (Å²) in [5, 5.41) is 11.9. The molecule has 3 aromatic carbocycles. The number of para-hydroxylation sites is 1. The number of fused-ring (bicyclic) bond motifs is 4. The number of imide groups is 2. The molecule has 0 radical (unpaired) electrons. The van der Waals surface area contributed by atoms with Crippen molar-refractivity contribution in [1.29, 1.82) is 0 Å². The number of carbonyl (C=O) groups excluding carboxylic acids is 4. The molecule has 0 aromatic heterocycles. The first kappa shape index (κ1) is 27.9. The van der Waals surface area contributed by atoms with E-state index in [0.29, 0.717) is 33.4 Å². The maximum atomic E-state index is 14.2. The van der Waals surface area contributed by atoms with Crippen LogP contribution in [0, 0.1) is 43.4 Å². The van der Waals surface area contributed by atoms with Crippen molar-refractivity contribution in [3.63, 3.8) is 0 Å². The van der Waals surface area contributed by atoms with Crippen molar-refractivity contribution >= 4 is 58.2 Å². The predicted molar refractivity (Wildman–Crippen MR) is 163 cm³/mol. The zero-order chi connectivity index (χ0) is 30.3. The minimum absolute atomic E-state index is 0.0109. The Morgan fingerprint density at radius 3 is 1.84 bits per heavy atom. The largest absolute Gasteiger partial charge is 0.508 e. The minimum Gasteiger partial charge on any atom is -0.508 e. The van der Waals surface area contributed by atoms with Crippen molar-refractivity contribution in [2.45, 2.75) is 32.6 Å². The first-order valence-electron chi connectivity index (χ1n) is 14.3. The van der Waals surface area contributed by atoms with Crippen LogP contribution in [0.4, 0.5) is 11.4 Å². The van der Waals surface area contributed by atoms with Gasteiger partial charge in [-0.05, 0) is 74.1 Å². The molecule has 2 saturated heterocycles. The monoisotopic (exact) mass is 614 g/mol. The number of phenols is 1. The van der Waals surface area contributed by atoms with Gasteiger partial charge in [-0.1, -0.05) is 65.2 Å². The van der Waals surface area contributed by atoms with E-state index >= 15 is 0 Å². The number of rotatable bonds is 3. The van der Waals surface area contributed by atoms with E-state index < -0.39 is 35.5 Å². The molecule has 2 aliphatic carbocycles. The third-order valence-electron chi connectivity index (χ3n) is 9.75. The molecule has 6 atom stereocenters. The maximum Gasteiger partial charge on any atom is 0.238 e. The Morgan fingerprint density at radius 2 is 1.26 bits per heavy atom. The van der Waals surface area contributed by atoms with E-state index in [1.807, 2.05) is 19.9 Å². The van der Waals surface area contributed by atoms with Gasteiger partial charge < -0.3 is 5.11 Å². The second-order valence-electron chi connectivity index (χ2n) is 12.0. The molecule has 1 saturated carbocycles. The fraction of sp³-hybridized carbons (Fsp3) is 0.294. The molecular weight excluding hydrogens is 587 g/mol. The number of hydrogen-bond donors (Lipinski definition) is 1. The molecule has 43 heavy (non-hydrogen) atoms. The maximum absolute atomic E-state index is 14.2. The van der Waals surface area contributed by atoms with Crippen LogP contribution in [-0.4, -0.2) is 28.7 Å². The lowest BCUT2D eigenvalue weighted by Gasteiger charge is -2.44. The Bertz CT molecular complexity index is 1780. The predicted octanol–water partition coefficient (Wildman–Crippen LogP) is 6.36. The highest BCUT2D eigenvalue weighted by molar-refractivity contribution is 6.33. The van der Waals surface area contributed by atoms with Gasteiger partial charge in [-0.15, -0.1) is 0 Å². The van der Waals surface area contributed by atoms with Crippen LogP contribution in [0.5, 0.6) is 5.75 Å². The third kappa shape index (κ3) is 4.09. The number of phenolic OH excluding ortho intramolecular Hbond substituents is 1. The SMILES string of the molecule is Cc1ccc(N2C(=O)C3CC=C4C(CC5C(=O)N(c6ccc(C)c(Cl)c6)C(=O)C5C4c4ccccc4O)C3C2=O)cc1Cl.